The Morgan fingerprint density at radius 2 is 1.81 bits per heavy atom. The van der Waals surface area contributed by atoms with Crippen molar-refractivity contribution < 1.29 is 9.53 Å². The molecule has 5 aliphatic carbocycles. The Bertz CT molecular complexity index is 735. The number of rotatable bonds is 7. The Morgan fingerprint density at radius 3 is 2.50 bits per heavy atom. The van der Waals surface area contributed by atoms with Crippen molar-refractivity contribution in [1.82, 2.24) is 0 Å². The van der Waals surface area contributed by atoms with Gasteiger partial charge in [-0.3, -0.25) is 4.79 Å². The molecule has 5 rings (SSSR count). The number of hydrogen-bond donors (Lipinski definition) is 0. The minimum atomic E-state index is -0.0376. The maximum absolute atomic E-state index is 12.4. The molecule has 0 aromatic rings. The lowest BCUT2D eigenvalue weighted by Crippen LogP contribution is -2.57. The van der Waals surface area contributed by atoms with Gasteiger partial charge in [0.05, 0.1) is 0 Å². The smallest absolute Gasteiger partial charge is 0.316 e. The molecule has 5 aliphatic rings. The molecule has 0 amide bonds. The van der Waals surface area contributed by atoms with E-state index >= 15 is 0 Å². The van der Waals surface area contributed by atoms with E-state index < -0.39 is 0 Å². The van der Waals surface area contributed by atoms with Crippen LogP contribution in [0.3, 0.4) is 0 Å². The van der Waals surface area contributed by atoms with Gasteiger partial charge in [-0.25, -0.2) is 0 Å². The number of carbonyl (C=O) groups excluding carboxylic acids is 1. The summed E-state index contributed by atoms with van der Waals surface area (Å²) in [5, 5.41) is 0.339. The Kier molecular flexibility index (Phi) is 6.12. The van der Waals surface area contributed by atoms with Crippen LogP contribution in [0.4, 0.5) is 0 Å². The molecular formula is C29H47BrO2. The van der Waals surface area contributed by atoms with Crippen LogP contribution in [0, 0.1) is 57.7 Å². The molecule has 0 unspecified atom stereocenters. The second kappa shape index (κ2) is 8.27. The van der Waals surface area contributed by atoms with Gasteiger partial charge in [0, 0.05) is 5.41 Å². The van der Waals surface area contributed by atoms with Gasteiger partial charge in [0.25, 0.3) is 0 Å². The molecule has 1 spiro atoms. The van der Waals surface area contributed by atoms with E-state index in [0.717, 1.165) is 47.8 Å². The van der Waals surface area contributed by atoms with Crippen LogP contribution in [0.25, 0.3) is 0 Å². The number of halogens is 1. The third kappa shape index (κ3) is 3.32. The van der Waals surface area contributed by atoms with Gasteiger partial charge in [0.15, 0.2) is 0 Å². The number of alkyl halides is 1. The molecular weight excluding hydrogens is 460 g/mol. The highest BCUT2D eigenvalue weighted by atomic mass is 79.9. The highest BCUT2D eigenvalue weighted by Crippen LogP contribution is 2.82. The molecule has 10 atom stereocenters. The fraction of sp³-hybridized carbons (Fsp3) is 0.966. The van der Waals surface area contributed by atoms with Gasteiger partial charge >= 0.3 is 5.97 Å². The molecule has 0 radical (unpaired) electrons. The third-order valence-corrected chi connectivity index (χ3v) is 12.6. The maximum Gasteiger partial charge on any atom is 0.316 e. The van der Waals surface area contributed by atoms with E-state index in [4.69, 9.17) is 4.74 Å². The first kappa shape index (κ1) is 23.7. The molecule has 0 bridgehead atoms. The number of fused-ring (bicyclic) bond motifs is 4. The molecule has 0 aromatic heterocycles. The molecule has 0 saturated heterocycles. The fourth-order valence-corrected chi connectivity index (χ4v) is 10.8. The second-order valence-electron chi connectivity index (χ2n) is 13.7. The molecule has 3 heteroatoms. The molecule has 2 nitrogen and oxygen atoms in total. The van der Waals surface area contributed by atoms with Crippen LogP contribution in [-0.4, -0.2) is 17.4 Å². The molecule has 32 heavy (non-hydrogen) atoms. The Labute approximate surface area is 205 Å². The largest absolute Gasteiger partial charge is 0.461 e. The SMILES string of the molecule is CC(C)CCC[C@H](C)[C@@H]1CC[C@@H]2[C@@H]3C[C@H](OC(=O)CBr)[C@]45C[C@H]4CC[C@]5(C)[C@@H]3CC[C@]21C. The highest BCUT2D eigenvalue weighted by molar-refractivity contribution is 9.09. The van der Waals surface area contributed by atoms with Crippen LogP contribution >= 0.6 is 15.9 Å². The quantitative estimate of drug-likeness (QED) is 0.258. The summed E-state index contributed by atoms with van der Waals surface area (Å²) in [5.41, 5.74) is 1.23. The van der Waals surface area contributed by atoms with Crippen LogP contribution in [0.15, 0.2) is 0 Å². The van der Waals surface area contributed by atoms with E-state index in [2.05, 4.69) is 50.5 Å². The highest BCUT2D eigenvalue weighted by Gasteiger charge is 2.78. The van der Waals surface area contributed by atoms with Crippen LogP contribution in [0.5, 0.6) is 0 Å². The van der Waals surface area contributed by atoms with Crippen LogP contribution < -0.4 is 0 Å². The van der Waals surface area contributed by atoms with E-state index in [1.165, 1.54) is 64.2 Å². The van der Waals surface area contributed by atoms with Gasteiger partial charge in [0.2, 0.25) is 0 Å². The monoisotopic (exact) mass is 506 g/mol. The number of hydrogen-bond acceptors (Lipinski definition) is 2. The molecule has 0 aliphatic heterocycles. The summed E-state index contributed by atoms with van der Waals surface area (Å²) in [4.78, 5) is 12.4. The summed E-state index contributed by atoms with van der Waals surface area (Å²) in [6, 6.07) is 0. The van der Waals surface area contributed by atoms with E-state index in [9.17, 15) is 4.79 Å². The van der Waals surface area contributed by atoms with Crippen molar-refractivity contribution in [3.8, 4) is 0 Å². The topological polar surface area (TPSA) is 26.3 Å². The number of esters is 1. The van der Waals surface area contributed by atoms with Crippen LogP contribution in [0.1, 0.15) is 105 Å². The van der Waals surface area contributed by atoms with Gasteiger partial charge < -0.3 is 4.74 Å². The van der Waals surface area contributed by atoms with Crippen molar-refractivity contribution in [2.45, 2.75) is 111 Å². The predicted octanol–water partition coefficient (Wildman–Crippen LogP) is 8.02. The molecule has 0 aromatic carbocycles. The molecule has 5 saturated carbocycles. The van der Waals surface area contributed by atoms with Crippen molar-refractivity contribution in [1.29, 1.82) is 0 Å². The Balaban J connectivity index is 1.37. The normalized spacial score (nSPS) is 49.7. The molecule has 182 valence electrons. The lowest BCUT2D eigenvalue weighted by Gasteiger charge is -2.60. The minimum Gasteiger partial charge on any atom is -0.461 e. The van der Waals surface area contributed by atoms with Gasteiger partial charge in [0.1, 0.15) is 11.4 Å². The zero-order valence-corrected chi connectivity index (χ0v) is 22.9. The van der Waals surface area contributed by atoms with Crippen LogP contribution in [0.2, 0.25) is 0 Å². The van der Waals surface area contributed by atoms with Crippen molar-refractivity contribution >= 4 is 21.9 Å². The summed E-state index contributed by atoms with van der Waals surface area (Å²) < 4.78 is 6.26. The van der Waals surface area contributed by atoms with E-state index in [1.54, 1.807) is 0 Å². The van der Waals surface area contributed by atoms with Crippen LogP contribution in [-0.2, 0) is 9.53 Å². The first-order valence-corrected chi connectivity index (χ1v) is 15.0. The maximum atomic E-state index is 12.4. The summed E-state index contributed by atoms with van der Waals surface area (Å²) in [7, 11) is 0. The molecule has 0 N–H and O–H groups in total. The first-order chi connectivity index (χ1) is 15.2. The van der Waals surface area contributed by atoms with Crippen molar-refractivity contribution in [2.24, 2.45) is 57.7 Å². The summed E-state index contributed by atoms with van der Waals surface area (Å²) in [5.74, 6) is 5.84. The van der Waals surface area contributed by atoms with Gasteiger partial charge in [-0.05, 0) is 104 Å². The average molecular weight is 508 g/mol. The summed E-state index contributed by atoms with van der Waals surface area (Å²) in [6.45, 7) is 12.6. The van der Waals surface area contributed by atoms with E-state index in [0.29, 0.717) is 21.6 Å². The Morgan fingerprint density at radius 1 is 1.03 bits per heavy atom. The zero-order valence-electron chi connectivity index (χ0n) is 21.3. The first-order valence-electron chi connectivity index (χ1n) is 13.9. The summed E-state index contributed by atoms with van der Waals surface area (Å²) >= 11 is 3.36. The predicted molar refractivity (Wildman–Crippen MR) is 135 cm³/mol. The van der Waals surface area contributed by atoms with E-state index in [-0.39, 0.29) is 12.1 Å². The zero-order chi connectivity index (χ0) is 22.9. The van der Waals surface area contributed by atoms with Crippen molar-refractivity contribution in [3.05, 3.63) is 0 Å². The van der Waals surface area contributed by atoms with Gasteiger partial charge in [-0.2, -0.15) is 0 Å². The molecule has 0 heterocycles. The molecule has 5 fully saturated rings. The van der Waals surface area contributed by atoms with Gasteiger partial charge in [-0.15, -0.1) is 0 Å². The fourth-order valence-electron chi connectivity index (χ4n) is 10.6. The Hall–Kier alpha value is -0.0500. The average Bonchev–Trinajstić information content (AvgIpc) is 3.26. The minimum absolute atomic E-state index is 0.0376. The third-order valence-electron chi connectivity index (χ3n) is 12.1. The van der Waals surface area contributed by atoms with Crippen molar-refractivity contribution in [2.75, 3.05) is 5.33 Å². The number of ether oxygens (including phenoxy) is 1. The lowest BCUT2D eigenvalue weighted by atomic mass is 9.45. The number of carbonyl (C=O) groups is 1. The van der Waals surface area contributed by atoms with E-state index in [1.807, 2.05) is 0 Å². The van der Waals surface area contributed by atoms with Gasteiger partial charge in [-0.1, -0.05) is 69.8 Å². The van der Waals surface area contributed by atoms with Crippen molar-refractivity contribution in [3.63, 3.8) is 0 Å². The second-order valence-corrected chi connectivity index (χ2v) is 14.2. The summed E-state index contributed by atoms with van der Waals surface area (Å²) in [6.07, 6.45) is 15.3. The lowest BCUT2D eigenvalue weighted by molar-refractivity contribution is -0.181. The standard InChI is InChI=1S/C29H47BrO2/c1-18(2)7-6-8-19(3)22-9-10-23-21-15-25(32-26(31)17-30)29-16-20(29)11-14-28(29,5)24(21)12-13-27(22,23)4/h18-25H,6-17H2,1-5H3/t19-,20+,21-,22-,23+,24+,25-,27-,28+,29-/m0/s1.